The Balaban J connectivity index is 1.83. The molecule has 0 amide bonds. The smallest absolute Gasteiger partial charge is 0.0674 e. The van der Waals surface area contributed by atoms with Gasteiger partial charge in [0.05, 0.1) is 5.41 Å². The highest BCUT2D eigenvalue weighted by atomic mass is 14.9. The third-order valence-electron chi connectivity index (χ3n) is 7.48. The maximum Gasteiger partial charge on any atom is 0.0674 e. The summed E-state index contributed by atoms with van der Waals surface area (Å²) in [5.41, 5.74) is 10.1. The number of aromatic nitrogens is 1. The lowest BCUT2D eigenvalue weighted by Crippen LogP contribution is -2.28. The SMILES string of the molecule is C=C/C=C\C=C(/C)[C@]1(c2ccccc2)c2ccccc2-c2c1ccc1c2c2ccccc2n1C. The molecule has 0 saturated heterocycles. The van der Waals surface area contributed by atoms with Gasteiger partial charge in [-0.1, -0.05) is 115 Å². The lowest BCUT2D eigenvalue weighted by atomic mass is 9.67. The van der Waals surface area contributed by atoms with E-state index in [0.717, 1.165) is 0 Å². The molecule has 0 spiro atoms. The van der Waals surface area contributed by atoms with Crippen LogP contribution in [-0.2, 0) is 12.5 Å². The Kier molecular flexibility index (Phi) is 4.67. The van der Waals surface area contributed by atoms with Crippen molar-refractivity contribution in [3.63, 3.8) is 0 Å². The summed E-state index contributed by atoms with van der Waals surface area (Å²) in [6.45, 7) is 6.11. The molecule has 0 saturated carbocycles. The van der Waals surface area contributed by atoms with E-state index in [1.54, 1.807) is 0 Å². The summed E-state index contributed by atoms with van der Waals surface area (Å²) in [6, 6.07) is 33.3. The van der Waals surface area contributed by atoms with Crippen LogP contribution < -0.4 is 0 Å². The summed E-state index contributed by atoms with van der Waals surface area (Å²) in [5.74, 6) is 0. The Morgan fingerprint density at radius 2 is 1.50 bits per heavy atom. The van der Waals surface area contributed by atoms with Crippen molar-refractivity contribution in [3.8, 4) is 11.1 Å². The number of rotatable bonds is 4. The minimum Gasteiger partial charge on any atom is -0.344 e. The van der Waals surface area contributed by atoms with Crippen LogP contribution in [0.15, 0.2) is 127 Å². The molecule has 0 bridgehead atoms. The monoisotopic (exact) mass is 437 g/mol. The van der Waals surface area contributed by atoms with Crippen molar-refractivity contribution in [3.05, 3.63) is 144 Å². The Bertz CT molecular complexity index is 1630. The van der Waals surface area contributed by atoms with Gasteiger partial charge in [0.1, 0.15) is 0 Å². The number of fused-ring (bicyclic) bond motifs is 7. The van der Waals surface area contributed by atoms with Crippen molar-refractivity contribution in [2.75, 3.05) is 0 Å². The van der Waals surface area contributed by atoms with Gasteiger partial charge in [-0.3, -0.25) is 0 Å². The average molecular weight is 438 g/mol. The highest BCUT2D eigenvalue weighted by Gasteiger charge is 2.46. The molecule has 164 valence electrons. The standard InChI is InChI=1S/C33H27N/c1-4-5-7-14-23(2)33(24-15-8-6-9-16-24)27-19-12-10-17-25(27)31-28(33)21-22-30-32(31)26-18-11-13-20-29(26)34(30)3/h4-22H,1H2,2-3H3/b7-5-,23-14+/t33-/m0/s1. The number of allylic oxidation sites excluding steroid dienone is 5. The van der Waals surface area contributed by atoms with Crippen molar-refractivity contribution in [2.45, 2.75) is 12.3 Å². The Hall–Kier alpha value is -4.10. The summed E-state index contributed by atoms with van der Waals surface area (Å²) in [7, 11) is 2.17. The van der Waals surface area contributed by atoms with Gasteiger partial charge in [-0.15, -0.1) is 0 Å². The van der Waals surface area contributed by atoms with Crippen LogP contribution in [0.2, 0.25) is 0 Å². The van der Waals surface area contributed by atoms with E-state index in [0.29, 0.717) is 0 Å². The van der Waals surface area contributed by atoms with E-state index >= 15 is 0 Å². The zero-order valence-corrected chi connectivity index (χ0v) is 19.6. The largest absolute Gasteiger partial charge is 0.344 e. The first-order valence-corrected chi connectivity index (χ1v) is 11.8. The van der Waals surface area contributed by atoms with Gasteiger partial charge in [0.2, 0.25) is 0 Å². The highest BCUT2D eigenvalue weighted by molar-refractivity contribution is 6.17. The second kappa shape index (κ2) is 7.74. The van der Waals surface area contributed by atoms with Crippen molar-refractivity contribution < 1.29 is 0 Å². The van der Waals surface area contributed by atoms with Crippen LogP contribution in [-0.4, -0.2) is 4.57 Å². The molecule has 1 aromatic heterocycles. The van der Waals surface area contributed by atoms with Gasteiger partial charge in [0.15, 0.2) is 0 Å². The van der Waals surface area contributed by atoms with Crippen LogP contribution in [0.4, 0.5) is 0 Å². The first-order chi connectivity index (χ1) is 16.7. The Labute approximate surface area is 201 Å². The zero-order valence-electron chi connectivity index (χ0n) is 19.6. The fraction of sp³-hybridized carbons (Fsp3) is 0.0909. The molecule has 1 aliphatic rings. The number of benzene rings is 4. The maximum atomic E-state index is 3.85. The molecule has 1 heteroatoms. The molecular formula is C33H27N. The maximum absolute atomic E-state index is 3.85. The molecule has 1 aliphatic carbocycles. The van der Waals surface area contributed by atoms with E-state index in [1.807, 2.05) is 12.2 Å². The third-order valence-corrected chi connectivity index (χ3v) is 7.48. The van der Waals surface area contributed by atoms with Crippen LogP contribution in [0, 0.1) is 0 Å². The average Bonchev–Trinajstić information content (AvgIpc) is 3.35. The summed E-state index contributed by atoms with van der Waals surface area (Å²) >= 11 is 0. The van der Waals surface area contributed by atoms with E-state index in [9.17, 15) is 0 Å². The van der Waals surface area contributed by atoms with Gasteiger partial charge in [0, 0.05) is 28.9 Å². The Morgan fingerprint density at radius 3 is 2.32 bits per heavy atom. The summed E-state index contributed by atoms with van der Waals surface area (Å²) in [6.07, 6.45) is 8.17. The zero-order chi connectivity index (χ0) is 23.3. The molecule has 1 heterocycles. The summed E-state index contributed by atoms with van der Waals surface area (Å²) < 4.78 is 2.32. The van der Waals surface area contributed by atoms with Gasteiger partial charge in [-0.05, 0) is 46.9 Å². The molecule has 5 aromatic rings. The number of para-hydroxylation sites is 1. The predicted molar refractivity (Wildman–Crippen MR) is 145 cm³/mol. The predicted octanol–water partition coefficient (Wildman–Crippen LogP) is 8.33. The molecular weight excluding hydrogens is 410 g/mol. The molecule has 6 rings (SSSR count). The molecule has 0 radical (unpaired) electrons. The van der Waals surface area contributed by atoms with Crippen LogP contribution >= 0.6 is 0 Å². The van der Waals surface area contributed by atoms with E-state index in [1.165, 1.54) is 55.2 Å². The fourth-order valence-electron chi connectivity index (χ4n) is 6.07. The molecule has 34 heavy (non-hydrogen) atoms. The molecule has 1 nitrogen and oxygen atoms in total. The van der Waals surface area contributed by atoms with E-state index < -0.39 is 0 Å². The van der Waals surface area contributed by atoms with Crippen molar-refractivity contribution in [1.82, 2.24) is 4.57 Å². The van der Waals surface area contributed by atoms with Gasteiger partial charge in [0.25, 0.3) is 0 Å². The van der Waals surface area contributed by atoms with Gasteiger partial charge in [-0.2, -0.15) is 0 Å². The summed E-state index contributed by atoms with van der Waals surface area (Å²) in [4.78, 5) is 0. The number of nitrogens with zero attached hydrogens (tertiary/aromatic N) is 1. The number of hydrogen-bond acceptors (Lipinski definition) is 0. The van der Waals surface area contributed by atoms with Gasteiger partial charge >= 0.3 is 0 Å². The first-order valence-electron chi connectivity index (χ1n) is 11.8. The van der Waals surface area contributed by atoms with Crippen LogP contribution in [0.5, 0.6) is 0 Å². The van der Waals surface area contributed by atoms with E-state index in [2.05, 4.69) is 128 Å². The third kappa shape index (κ3) is 2.61. The summed E-state index contributed by atoms with van der Waals surface area (Å²) in [5, 5.41) is 2.65. The minimum atomic E-state index is -0.357. The molecule has 0 N–H and O–H groups in total. The van der Waals surface area contributed by atoms with E-state index in [4.69, 9.17) is 0 Å². The lowest BCUT2D eigenvalue weighted by molar-refractivity contribution is 0.747. The minimum absolute atomic E-state index is 0.357. The van der Waals surface area contributed by atoms with Gasteiger partial charge in [-0.25, -0.2) is 0 Å². The molecule has 4 aromatic carbocycles. The van der Waals surface area contributed by atoms with Gasteiger partial charge < -0.3 is 4.57 Å². The fourth-order valence-corrected chi connectivity index (χ4v) is 6.07. The second-order valence-electron chi connectivity index (χ2n) is 9.09. The van der Waals surface area contributed by atoms with E-state index in [-0.39, 0.29) is 5.41 Å². The number of hydrogen-bond donors (Lipinski definition) is 0. The van der Waals surface area contributed by atoms with Crippen LogP contribution in [0.1, 0.15) is 23.6 Å². The lowest BCUT2D eigenvalue weighted by Gasteiger charge is -2.34. The highest BCUT2D eigenvalue weighted by Crippen LogP contribution is 2.58. The second-order valence-corrected chi connectivity index (χ2v) is 9.09. The van der Waals surface area contributed by atoms with Crippen molar-refractivity contribution >= 4 is 21.8 Å². The topological polar surface area (TPSA) is 4.93 Å². The van der Waals surface area contributed by atoms with Crippen molar-refractivity contribution in [1.29, 1.82) is 0 Å². The molecule has 0 unspecified atom stereocenters. The number of aryl methyl sites for hydroxylation is 1. The van der Waals surface area contributed by atoms with Crippen LogP contribution in [0.25, 0.3) is 32.9 Å². The molecule has 0 aliphatic heterocycles. The molecule has 0 fully saturated rings. The molecule has 1 atom stereocenters. The van der Waals surface area contributed by atoms with Crippen molar-refractivity contribution in [2.24, 2.45) is 7.05 Å². The quantitative estimate of drug-likeness (QED) is 0.249. The Morgan fingerprint density at radius 1 is 0.765 bits per heavy atom. The first kappa shape index (κ1) is 20.5. The van der Waals surface area contributed by atoms with Crippen LogP contribution in [0.3, 0.4) is 0 Å². The normalized spacial score (nSPS) is 17.4.